The Morgan fingerprint density at radius 2 is 1.33 bits per heavy atom. The highest BCUT2D eigenvalue weighted by Gasteiger charge is 2.56. The number of hydrogen-bond acceptors (Lipinski definition) is 11. The van der Waals surface area contributed by atoms with Gasteiger partial charge in [0.15, 0.2) is 0 Å². The average molecular weight is 356 g/mol. The summed E-state index contributed by atoms with van der Waals surface area (Å²) in [5.74, 6) is -2.05. The van der Waals surface area contributed by atoms with Crippen molar-refractivity contribution in [2.75, 3.05) is 26.4 Å². The topological polar surface area (TPSA) is 190 Å². The van der Waals surface area contributed by atoms with Gasteiger partial charge in [-0.15, -0.1) is 0 Å². The predicted octanol–water partition coefficient (Wildman–Crippen LogP) is -5.35. The number of rotatable bonds is 6. The molecule has 2 rings (SSSR count). The molecule has 0 saturated carbocycles. The van der Waals surface area contributed by atoms with E-state index in [0.717, 1.165) is 0 Å². The predicted molar refractivity (Wildman–Crippen MR) is 73.5 cm³/mol. The number of aliphatic hydroxyl groups excluding tert-OH is 8. The molecule has 24 heavy (non-hydrogen) atoms. The molecule has 11 heteroatoms. The van der Waals surface area contributed by atoms with Crippen LogP contribution in [0.3, 0.4) is 0 Å². The van der Waals surface area contributed by atoms with Crippen LogP contribution in [0.4, 0.5) is 0 Å². The van der Waals surface area contributed by atoms with E-state index in [4.69, 9.17) is 24.4 Å². The second-order valence-corrected chi connectivity index (χ2v) is 5.92. The molecule has 0 aromatic heterocycles. The fourth-order valence-electron chi connectivity index (χ4n) is 2.84. The smallest absolute Gasteiger partial charge is 0.221 e. The summed E-state index contributed by atoms with van der Waals surface area (Å²) in [5, 5.41) is 76.7. The highest BCUT2D eigenvalue weighted by atomic mass is 16.7. The van der Waals surface area contributed by atoms with Gasteiger partial charge in [-0.25, -0.2) is 0 Å². The van der Waals surface area contributed by atoms with Crippen LogP contribution in [-0.2, 0) is 14.2 Å². The largest absolute Gasteiger partial charge is 0.394 e. The molecule has 9 atom stereocenters. The van der Waals surface area contributed by atoms with Crippen molar-refractivity contribution in [3.8, 4) is 0 Å². The van der Waals surface area contributed by atoms with Crippen molar-refractivity contribution in [3.63, 3.8) is 0 Å². The molecule has 8 N–H and O–H groups in total. The van der Waals surface area contributed by atoms with Crippen LogP contribution in [0.5, 0.6) is 0 Å². The van der Waals surface area contributed by atoms with Crippen molar-refractivity contribution in [2.45, 2.75) is 54.6 Å². The van der Waals surface area contributed by atoms with Crippen molar-refractivity contribution in [2.24, 2.45) is 0 Å². The molecule has 0 aliphatic carbocycles. The van der Waals surface area contributed by atoms with E-state index in [1.54, 1.807) is 0 Å². The van der Waals surface area contributed by atoms with Gasteiger partial charge in [0.05, 0.1) is 19.8 Å². The molecule has 0 amide bonds. The lowest BCUT2D eigenvalue weighted by Crippen LogP contribution is -2.60. The maximum atomic E-state index is 9.99. The van der Waals surface area contributed by atoms with Crippen molar-refractivity contribution in [1.29, 1.82) is 0 Å². The highest BCUT2D eigenvalue weighted by Crippen LogP contribution is 2.33. The fraction of sp³-hybridized carbons (Fsp3) is 1.00. The van der Waals surface area contributed by atoms with Crippen LogP contribution in [0, 0.1) is 0 Å². The zero-order valence-corrected chi connectivity index (χ0v) is 12.7. The maximum Gasteiger partial charge on any atom is 0.221 e. The van der Waals surface area contributed by atoms with Gasteiger partial charge < -0.3 is 55.1 Å². The highest BCUT2D eigenvalue weighted by molar-refractivity contribution is 4.97. The van der Waals surface area contributed by atoms with Crippen LogP contribution in [0.1, 0.15) is 0 Å². The molecule has 2 heterocycles. The van der Waals surface area contributed by atoms with E-state index in [2.05, 4.69) is 0 Å². The molecule has 2 saturated heterocycles. The summed E-state index contributed by atoms with van der Waals surface area (Å²) in [6.45, 7) is -2.59. The molecule has 2 aliphatic heterocycles. The molecular formula is C13H24O11. The quantitative estimate of drug-likeness (QED) is 0.227. The molecule has 0 aromatic rings. The first-order valence-corrected chi connectivity index (χ1v) is 7.51. The van der Waals surface area contributed by atoms with Crippen molar-refractivity contribution in [3.05, 3.63) is 0 Å². The van der Waals surface area contributed by atoms with Gasteiger partial charge in [0.25, 0.3) is 0 Å². The average Bonchev–Trinajstić information content (AvgIpc) is 2.84. The van der Waals surface area contributed by atoms with E-state index < -0.39 is 81.0 Å². The van der Waals surface area contributed by atoms with Crippen molar-refractivity contribution >= 4 is 0 Å². The van der Waals surface area contributed by atoms with Crippen molar-refractivity contribution in [1.82, 2.24) is 0 Å². The minimum Gasteiger partial charge on any atom is -0.394 e. The first-order valence-electron chi connectivity index (χ1n) is 7.51. The summed E-state index contributed by atoms with van der Waals surface area (Å²) in [7, 11) is 0. The summed E-state index contributed by atoms with van der Waals surface area (Å²) >= 11 is 0. The van der Waals surface area contributed by atoms with E-state index in [-0.39, 0.29) is 0 Å². The Labute approximate surface area is 137 Å². The standard InChI is InChI=1S/C13H24O11/c14-1-5-8(17)11(20)9(18)7(23-5)3-22-13(4-16)12(21)10(19)6(2-15)24-13/h5-12,14-21H,1-4H2. The SMILES string of the molecule is OCC1OC(COC2(CO)OC(CO)C(O)C2O)C(O)C(O)C1O. The second kappa shape index (κ2) is 7.85. The monoisotopic (exact) mass is 356 g/mol. The molecule has 11 nitrogen and oxygen atoms in total. The third-order valence-corrected chi connectivity index (χ3v) is 4.39. The van der Waals surface area contributed by atoms with E-state index >= 15 is 0 Å². The van der Waals surface area contributed by atoms with E-state index in [1.165, 1.54) is 0 Å². The summed E-state index contributed by atoms with van der Waals surface area (Å²) in [6, 6.07) is 0. The molecule has 0 spiro atoms. The van der Waals surface area contributed by atoms with Gasteiger partial charge in [0.1, 0.15) is 55.4 Å². The van der Waals surface area contributed by atoms with Crippen LogP contribution >= 0.6 is 0 Å². The van der Waals surface area contributed by atoms with Crippen LogP contribution < -0.4 is 0 Å². The molecular weight excluding hydrogens is 332 g/mol. The molecule has 9 unspecified atom stereocenters. The van der Waals surface area contributed by atoms with Crippen molar-refractivity contribution < 1.29 is 55.1 Å². The molecule has 0 bridgehead atoms. The van der Waals surface area contributed by atoms with E-state index in [1.807, 2.05) is 0 Å². The molecule has 142 valence electrons. The third kappa shape index (κ3) is 3.43. The second-order valence-electron chi connectivity index (χ2n) is 5.92. The van der Waals surface area contributed by atoms with Gasteiger partial charge in [-0.05, 0) is 0 Å². The lowest BCUT2D eigenvalue weighted by Gasteiger charge is -2.41. The molecule has 2 fully saturated rings. The Balaban J connectivity index is 2.05. The Bertz CT molecular complexity index is 407. The Morgan fingerprint density at radius 1 is 0.750 bits per heavy atom. The minimum atomic E-state index is -2.05. The molecule has 0 radical (unpaired) electrons. The molecule has 0 aromatic carbocycles. The normalized spacial score (nSPS) is 49.5. The summed E-state index contributed by atoms with van der Waals surface area (Å²) in [5.41, 5.74) is 0. The zero-order chi connectivity index (χ0) is 18.1. The van der Waals surface area contributed by atoms with E-state index in [0.29, 0.717) is 0 Å². The number of ether oxygens (including phenoxy) is 3. The van der Waals surface area contributed by atoms with Gasteiger partial charge in [0, 0.05) is 0 Å². The van der Waals surface area contributed by atoms with Gasteiger partial charge in [0.2, 0.25) is 5.79 Å². The maximum absolute atomic E-state index is 9.99. The first-order chi connectivity index (χ1) is 11.3. The van der Waals surface area contributed by atoms with Crippen LogP contribution in [0.15, 0.2) is 0 Å². The lowest BCUT2D eigenvalue weighted by molar-refractivity contribution is -0.303. The lowest BCUT2D eigenvalue weighted by atomic mass is 9.95. The van der Waals surface area contributed by atoms with Crippen LogP contribution in [-0.4, -0.2) is 122 Å². The minimum absolute atomic E-state index is 0.496. The van der Waals surface area contributed by atoms with Gasteiger partial charge in [-0.2, -0.15) is 0 Å². The zero-order valence-electron chi connectivity index (χ0n) is 12.7. The molecule has 2 aliphatic rings. The Hall–Kier alpha value is -0.440. The third-order valence-electron chi connectivity index (χ3n) is 4.39. The summed E-state index contributed by atoms with van der Waals surface area (Å²) in [6.07, 6.45) is -11.4. The Morgan fingerprint density at radius 3 is 1.83 bits per heavy atom. The van der Waals surface area contributed by atoms with Gasteiger partial charge >= 0.3 is 0 Å². The van der Waals surface area contributed by atoms with E-state index in [9.17, 15) is 30.6 Å². The Kier molecular flexibility index (Phi) is 6.50. The van der Waals surface area contributed by atoms with Crippen LogP contribution in [0.2, 0.25) is 0 Å². The van der Waals surface area contributed by atoms with Gasteiger partial charge in [-0.1, -0.05) is 0 Å². The first kappa shape index (κ1) is 19.9. The fourth-order valence-corrected chi connectivity index (χ4v) is 2.84. The summed E-state index contributed by atoms with van der Waals surface area (Å²) < 4.78 is 15.7. The number of aliphatic hydroxyl groups is 8. The number of hydrogen-bond donors (Lipinski definition) is 8. The summed E-state index contributed by atoms with van der Waals surface area (Å²) in [4.78, 5) is 0. The van der Waals surface area contributed by atoms with Gasteiger partial charge in [-0.3, -0.25) is 0 Å². The van der Waals surface area contributed by atoms with Crippen LogP contribution in [0.25, 0.3) is 0 Å².